The molecule has 1 heterocycles. The predicted octanol–water partition coefficient (Wildman–Crippen LogP) is 3.71. The van der Waals surface area contributed by atoms with Crippen molar-refractivity contribution in [2.24, 2.45) is 5.92 Å². The second-order valence-corrected chi connectivity index (χ2v) is 6.32. The molecule has 19 heavy (non-hydrogen) atoms. The lowest BCUT2D eigenvalue weighted by molar-refractivity contribution is 0.447. The van der Waals surface area contributed by atoms with Gasteiger partial charge in [0, 0.05) is 24.8 Å². The van der Waals surface area contributed by atoms with Crippen LogP contribution in [0.25, 0.3) is 0 Å². The Morgan fingerprint density at radius 1 is 1.21 bits per heavy atom. The van der Waals surface area contributed by atoms with Gasteiger partial charge in [-0.15, -0.1) is 0 Å². The lowest BCUT2D eigenvalue weighted by Gasteiger charge is -2.18. The summed E-state index contributed by atoms with van der Waals surface area (Å²) < 4.78 is 0. The third-order valence-corrected chi connectivity index (χ3v) is 4.77. The molecule has 1 aromatic carbocycles. The van der Waals surface area contributed by atoms with E-state index in [1.807, 2.05) is 0 Å². The van der Waals surface area contributed by atoms with Crippen LogP contribution < -0.4 is 10.6 Å². The zero-order chi connectivity index (χ0) is 13.1. The van der Waals surface area contributed by atoms with Crippen molar-refractivity contribution in [3.8, 4) is 0 Å². The van der Waals surface area contributed by atoms with Crippen LogP contribution in [0.5, 0.6) is 0 Å². The minimum Gasteiger partial charge on any atom is -0.384 e. The topological polar surface area (TPSA) is 24.1 Å². The summed E-state index contributed by atoms with van der Waals surface area (Å²) >= 11 is 0. The molecule has 1 aliphatic heterocycles. The molecule has 2 unspecified atom stereocenters. The predicted molar refractivity (Wildman–Crippen MR) is 81.5 cm³/mol. The van der Waals surface area contributed by atoms with Gasteiger partial charge in [0.2, 0.25) is 0 Å². The van der Waals surface area contributed by atoms with E-state index in [-0.39, 0.29) is 0 Å². The van der Waals surface area contributed by atoms with Gasteiger partial charge in [-0.1, -0.05) is 38.0 Å². The first-order valence-corrected chi connectivity index (χ1v) is 7.91. The van der Waals surface area contributed by atoms with Crippen LogP contribution in [-0.2, 0) is 13.0 Å². The van der Waals surface area contributed by atoms with Crippen LogP contribution in [0.15, 0.2) is 18.2 Å². The first-order chi connectivity index (χ1) is 9.33. The molecule has 0 spiro atoms. The van der Waals surface area contributed by atoms with Crippen molar-refractivity contribution in [3.63, 3.8) is 0 Å². The van der Waals surface area contributed by atoms with E-state index in [9.17, 15) is 0 Å². The average Bonchev–Trinajstić information content (AvgIpc) is 2.81. The van der Waals surface area contributed by atoms with Crippen molar-refractivity contribution >= 4 is 5.69 Å². The fourth-order valence-electron chi connectivity index (χ4n) is 3.50. The maximum Gasteiger partial charge on any atom is 0.0419 e. The number of fused-ring (bicyclic) bond motifs is 1. The summed E-state index contributed by atoms with van der Waals surface area (Å²) in [4.78, 5) is 0. The molecule has 1 aliphatic carbocycles. The van der Waals surface area contributed by atoms with Crippen molar-refractivity contribution in [2.75, 3.05) is 11.9 Å². The quantitative estimate of drug-likeness (QED) is 0.808. The highest BCUT2D eigenvalue weighted by Gasteiger charge is 2.17. The molecule has 1 aromatic rings. The number of anilines is 1. The molecular formula is C17H26N2. The van der Waals surface area contributed by atoms with Crippen LogP contribution in [0.1, 0.15) is 50.2 Å². The van der Waals surface area contributed by atoms with E-state index in [1.54, 1.807) is 0 Å². The molecule has 0 aromatic heterocycles. The van der Waals surface area contributed by atoms with Gasteiger partial charge in [0.15, 0.2) is 0 Å². The number of benzene rings is 1. The van der Waals surface area contributed by atoms with Crippen LogP contribution in [0, 0.1) is 5.92 Å². The summed E-state index contributed by atoms with van der Waals surface area (Å²) in [6.45, 7) is 4.53. The number of nitrogens with one attached hydrogen (secondary N) is 2. The zero-order valence-electron chi connectivity index (χ0n) is 12.0. The molecule has 0 saturated heterocycles. The van der Waals surface area contributed by atoms with Crippen LogP contribution in [0.2, 0.25) is 0 Å². The minimum absolute atomic E-state index is 0.724. The highest BCUT2D eigenvalue weighted by molar-refractivity contribution is 5.61. The summed E-state index contributed by atoms with van der Waals surface area (Å²) in [7, 11) is 0. The highest BCUT2D eigenvalue weighted by atomic mass is 14.9. The van der Waals surface area contributed by atoms with Gasteiger partial charge in [0.25, 0.3) is 0 Å². The van der Waals surface area contributed by atoms with E-state index in [0.717, 1.165) is 25.0 Å². The maximum atomic E-state index is 3.79. The van der Waals surface area contributed by atoms with E-state index in [4.69, 9.17) is 0 Å². The summed E-state index contributed by atoms with van der Waals surface area (Å²) in [5.41, 5.74) is 4.35. The van der Waals surface area contributed by atoms with Crippen LogP contribution in [0.4, 0.5) is 5.69 Å². The van der Waals surface area contributed by atoms with E-state index >= 15 is 0 Å². The Labute approximate surface area is 117 Å². The highest BCUT2D eigenvalue weighted by Crippen LogP contribution is 2.27. The van der Waals surface area contributed by atoms with Crippen molar-refractivity contribution in [2.45, 2.75) is 58.0 Å². The van der Waals surface area contributed by atoms with Gasteiger partial charge in [-0.25, -0.2) is 0 Å². The maximum absolute atomic E-state index is 3.79. The van der Waals surface area contributed by atoms with Gasteiger partial charge < -0.3 is 10.6 Å². The third-order valence-electron chi connectivity index (χ3n) is 4.77. The van der Waals surface area contributed by atoms with Gasteiger partial charge >= 0.3 is 0 Å². The summed E-state index contributed by atoms with van der Waals surface area (Å²) in [5.74, 6) is 0.925. The van der Waals surface area contributed by atoms with Crippen molar-refractivity contribution in [1.29, 1.82) is 0 Å². The van der Waals surface area contributed by atoms with E-state index < -0.39 is 0 Å². The normalized spacial score (nSPS) is 26.6. The molecule has 104 valence electrons. The van der Waals surface area contributed by atoms with Gasteiger partial charge in [-0.05, 0) is 42.7 Å². The Hall–Kier alpha value is -1.02. The first kappa shape index (κ1) is 13.0. The summed E-state index contributed by atoms with van der Waals surface area (Å²) in [6.07, 6.45) is 8.09. The average molecular weight is 258 g/mol. The lowest BCUT2D eigenvalue weighted by Crippen LogP contribution is -2.28. The number of rotatable bonds is 3. The Kier molecular flexibility index (Phi) is 4.07. The molecule has 0 radical (unpaired) electrons. The Morgan fingerprint density at radius 3 is 3.11 bits per heavy atom. The van der Waals surface area contributed by atoms with Crippen molar-refractivity contribution < 1.29 is 0 Å². The monoisotopic (exact) mass is 258 g/mol. The SMILES string of the molecule is CC1CCCC(NCc2cccc3c2NCC3)CC1. The van der Waals surface area contributed by atoms with Crippen LogP contribution in [-0.4, -0.2) is 12.6 Å². The molecule has 3 rings (SSSR count). The molecular weight excluding hydrogens is 232 g/mol. The minimum atomic E-state index is 0.724. The van der Waals surface area contributed by atoms with Crippen LogP contribution >= 0.6 is 0 Å². The van der Waals surface area contributed by atoms with E-state index in [0.29, 0.717) is 0 Å². The third kappa shape index (κ3) is 3.11. The second-order valence-electron chi connectivity index (χ2n) is 6.32. The standard InChI is InChI=1S/C17H26N2/c1-13-4-2-7-16(9-8-13)19-12-15-6-3-5-14-10-11-18-17(14)15/h3,5-6,13,16,18-19H,2,4,7-12H2,1H3. The van der Waals surface area contributed by atoms with Gasteiger partial charge in [-0.3, -0.25) is 0 Å². The Bertz CT molecular complexity index is 427. The van der Waals surface area contributed by atoms with Gasteiger partial charge in [0.1, 0.15) is 0 Å². The molecule has 2 N–H and O–H groups in total. The fraction of sp³-hybridized carbons (Fsp3) is 0.647. The molecule has 2 nitrogen and oxygen atoms in total. The number of hydrogen-bond donors (Lipinski definition) is 2. The fourth-order valence-corrected chi connectivity index (χ4v) is 3.50. The molecule has 2 aliphatic rings. The van der Waals surface area contributed by atoms with Gasteiger partial charge in [0.05, 0.1) is 0 Å². The summed E-state index contributed by atoms with van der Waals surface area (Å²) in [5, 5.41) is 7.32. The zero-order valence-corrected chi connectivity index (χ0v) is 12.0. The second kappa shape index (κ2) is 5.96. The smallest absolute Gasteiger partial charge is 0.0419 e. The van der Waals surface area contributed by atoms with Gasteiger partial charge in [-0.2, -0.15) is 0 Å². The molecule has 2 atom stereocenters. The molecule has 0 bridgehead atoms. The summed E-state index contributed by atoms with van der Waals surface area (Å²) in [6, 6.07) is 7.45. The lowest BCUT2D eigenvalue weighted by atomic mass is 10.0. The number of hydrogen-bond acceptors (Lipinski definition) is 2. The molecule has 0 amide bonds. The Balaban J connectivity index is 1.59. The molecule has 1 fully saturated rings. The first-order valence-electron chi connectivity index (χ1n) is 7.91. The van der Waals surface area contributed by atoms with Crippen LogP contribution in [0.3, 0.4) is 0 Å². The van der Waals surface area contributed by atoms with E-state index in [1.165, 1.54) is 55.3 Å². The van der Waals surface area contributed by atoms with Crippen molar-refractivity contribution in [1.82, 2.24) is 5.32 Å². The number of para-hydroxylation sites is 1. The Morgan fingerprint density at radius 2 is 2.16 bits per heavy atom. The molecule has 2 heteroatoms. The van der Waals surface area contributed by atoms with Crippen molar-refractivity contribution in [3.05, 3.63) is 29.3 Å². The van der Waals surface area contributed by atoms with E-state index in [2.05, 4.69) is 35.8 Å². The molecule has 1 saturated carbocycles. The largest absolute Gasteiger partial charge is 0.384 e.